The molecule has 0 saturated carbocycles. The molecule has 1 saturated heterocycles. The number of aromatic amines is 1. The highest BCUT2D eigenvalue weighted by molar-refractivity contribution is 7.21. The summed E-state index contributed by atoms with van der Waals surface area (Å²) in [6.45, 7) is 2.76. The Labute approximate surface area is 212 Å². The van der Waals surface area contributed by atoms with Crippen LogP contribution in [0.15, 0.2) is 48.8 Å². The SMILES string of the molecule is Fc1ccc2[nH]c(CNc3nc(N4CCOCC4)nc4c3ncn4-c3cc4ccccc4s3)nc2c1F. The fraction of sp³-hybridized carbons (Fsp3) is 0.200. The van der Waals surface area contributed by atoms with Gasteiger partial charge < -0.3 is 19.9 Å². The molecule has 0 aliphatic carbocycles. The molecule has 6 aromatic rings. The highest BCUT2D eigenvalue weighted by atomic mass is 32.1. The fourth-order valence-corrected chi connectivity index (χ4v) is 5.52. The molecule has 4 aromatic heterocycles. The molecular formula is C25H20F2N8OS. The monoisotopic (exact) mass is 518 g/mol. The second-order valence-corrected chi connectivity index (χ2v) is 9.74. The van der Waals surface area contributed by atoms with E-state index >= 15 is 0 Å². The second-order valence-electron chi connectivity index (χ2n) is 8.68. The average molecular weight is 519 g/mol. The molecule has 1 fully saturated rings. The van der Waals surface area contributed by atoms with Crippen LogP contribution in [-0.4, -0.2) is 55.8 Å². The van der Waals surface area contributed by atoms with E-state index in [1.807, 2.05) is 16.7 Å². The number of H-pyrrole nitrogens is 1. The Bertz CT molecular complexity index is 1740. The summed E-state index contributed by atoms with van der Waals surface area (Å²) in [6.07, 6.45) is 1.75. The highest BCUT2D eigenvalue weighted by Gasteiger charge is 2.21. The minimum Gasteiger partial charge on any atom is -0.378 e. The lowest BCUT2D eigenvalue weighted by Crippen LogP contribution is -2.37. The summed E-state index contributed by atoms with van der Waals surface area (Å²) in [7, 11) is 0. The summed E-state index contributed by atoms with van der Waals surface area (Å²) in [5.41, 5.74) is 1.66. The number of imidazole rings is 2. The number of halogens is 2. The maximum absolute atomic E-state index is 14.2. The van der Waals surface area contributed by atoms with Crippen molar-refractivity contribution in [3.8, 4) is 5.00 Å². The maximum Gasteiger partial charge on any atom is 0.229 e. The summed E-state index contributed by atoms with van der Waals surface area (Å²) in [5, 5.41) is 5.43. The van der Waals surface area contributed by atoms with E-state index < -0.39 is 11.6 Å². The third kappa shape index (κ3) is 3.85. The molecular weight excluding hydrogens is 498 g/mol. The molecule has 2 N–H and O–H groups in total. The Morgan fingerprint density at radius 2 is 1.89 bits per heavy atom. The molecule has 0 bridgehead atoms. The molecule has 1 aliphatic heterocycles. The first-order chi connectivity index (χ1) is 18.1. The molecule has 0 atom stereocenters. The largest absolute Gasteiger partial charge is 0.378 e. The molecule has 37 heavy (non-hydrogen) atoms. The van der Waals surface area contributed by atoms with Gasteiger partial charge >= 0.3 is 0 Å². The first-order valence-corrected chi connectivity index (χ1v) is 12.6. The number of benzene rings is 2. The lowest BCUT2D eigenvalue weighted by atomic mass is 10.3. The Balaban J connectivity index is 1.29. The first-order valence-electron chi connectivity index (χ1n) is 11.8. The van der Waals surface area contributed by atoms with Crippen LogP contribution in [-0.2, 0) is 11.3 Å². The van der Waals surface area contributed by atoms with E-state index in [1.54, 1.807) is 17.7 Å². The zero-order valence-corrected chi connectivity index (χ0v) is 20.2. The van der Waals surface area contributed by atoms with Gasteiger partial charge in [0.15, 0.2) is 28.6 Å². The van der Waals surface area contributed by atoms with Crippen LogP contribution < -0.4 is 10.2 Å². The highest BCUT2D eigenvalue weighted by Crippen LogP contribution is 2.32. The van der Waals surface area contributed by atoms with E-state index in [2.05, 4.69) is 43.4 Å². The number of ether oxygens (including phenoxy) is 1. The minimum absolute atomic E-state index is 0.0346. The zero-order chi connectivity index (χ0) is 24.9. The van der Waals surface area contributed by atoms with Gasteiger partial charge in [-0.25, -0.2) is 18.7 Å². The number of nitrogens with zero attached hydrogens (tertiary/aromatic N) is 6. The van der Waals surface area contributed by atoms with Gasteiger partial charge in [-0.15, -0.1) is 11.3 Å². The number of hydrogen-bond donors (Lipinski definition) is 2. The minimum atomic E-state index is -0.971. The molecule has 0 unspecified atom stereocenters. The Morgan fingerprint density at radius 1 is 1.03 bits per heavy atom. The Kier molecular flexibility index (Phi) is 5.22. The predicted molar refractivity (Wildman–Crippen MR) is 138 cm³/mol. The summed E-state index contributed by atoms with van der Waals surface area (Å²) < 4.78 is 36.4. The molecule has 9 nitrogen and oxygen atoms in total. The third-order valence-corrected chi connectivity index (χ3v) is 7.46. The van der Waals surface area contributed by atoms with Crippen LogP contribution in [0.2, 0.25) is 0 Å². The quantitative estimate of drug-likeness (QED) is 0.343. The van der Waals surface area contributed by atoms with E-state index in [-0.39, 0.29) is 12.1 Å². The van der Waals surface area contributed by atoms with Crippen molar-refractivity contribution in [2.24, 2.45) is 0 Å². The van der Waals surface area contributed by atoms with Gasteiger partial charge in [0.05, 0.1) is 25.3 Å². The van der Waals surface area contributed by atoms with Crippen LogP contribution in [0.3, 0.4) is 0 Å². The van der Waals surface area contributed by atoms with E-state index in [0.29, 0.717) is 60.6 Å². The average Bonchev–Trinajstić information content (AvgIpc) is 3.66. The number of fused-ring (bicyclic) bond motifs is 3. The number of thiophene rings is 1. The van der Waals surface area contributed by atoms with Crippen molar-refractivity contribution < 1.29 is 13.5 Å². The van der Waals surface area contributed by atoms with Crippen molar-refractivity contribution in [2.75, 3.05) is 36.5 Å². The normalized spacial score (nSPS) is 14.3. The molecule has 186 valence electrons. The number of nitrogens with one attached hydrogen (secondary N) is 2. The number of morpholine rings is 1. The van der Waals surface area contributed by atoms with Gasteiger partial charge in [-0.05, 0) is 29.7 Å². The third-order valence-electron chi connectivity index (χ3n) is 6.35. The van der Waals surface area contributed by atoms with Crippen molar-refractivity contribution >= 4 is 55.4 Å². The van der Waals surface area contributed by atoms with E-state index in [0.717, 1.165) is 16.5 Å². The van der Waals surface area contributed by atoms with Crippen LogP contribution in [0.5, 0.6) is 0 Å². The molecule has 0 amide bonds. The Hall–Kier alpha value is -4.16. The van der Waals surface area contributed by atoms with Crippen LogP contribution in [0.4, 0.5) is 20.5 Å². The van der Waals surface area contributed by atoms with Crippen molar-refractivity contribution in [3.63, 3.8) is 0 Å². The fourth-order valence-electron chi connectivity index (χ4n) is 4.48. The van der Waals surface area contributed by atoms with Gasteiger partial charge in [-0.1, -0.05) is 18.2 Å². The molecule has 0 radical (unpaired) electrons. The summed E-state index contributed by atoms with van der Waals surface area (Å²) in [6, 6.07) is 12.9. The van der Waals surface area contributed by atoms with E-state index in [4.69, 9.17) is 14.7 Å². The first kappa shape index (κ1) is 22.1. The van der Waals surface area contributed by atoms with Gasteiger partial charge in [0.1, 0.15) is 22.7 Å². The van der Waals surface area contributed by atoms with Crippen molar-refractivity contribution in [1.29, 1.82) is 0 Å². The topological polar surface area (TPSA) is 96.8 Å². The van der Waals surface area contributed by atoms with Gasteiger partial charge in [0, 0.05) is 17.8 Å². The maximum atomic E-state index is 14.2. The molecule has 1 aliphatic rings. The van der Waals surface area contributed by atoms with Crippen LogP contribution in [0.25, 0.3) is 37.3 Å². The van der Waals surface area contributed by atoms with Gasteiger partial charge in [-0.2, -0.15) is 9.97 Å². The van der Waals surface area contributed by atoms with Gasteiger partial charge in [0.25, 0.3) is 0 Å². The van der Waals surface area contributed by atoms with Gasteiger partial charge in [-0.3, -0.25) is 4.57 Å². The van der Waals surface area contributed by atoms with Gasteiger partial charge in [0.2, 0.25) is 5.95 Å². The molecule has 12 heteroatoms. The van der Waals surface area contributed by atoms with Crippen LogP contribution >= 0.6 is 11.3 Å². The lowest BCUT2D eigenvalue weighted by Gasteiger charge is -2.27. The van der Waals surface area contributed by atoms with Crippen LogP contribution in [0, 0.1) is 11.6 Å². The zero-order valence-electron chi connectivity index (χ0n) is 19.4. The number of aromatic nitrogens is 6. The molecule has 0 spiro atoms. The lowest BCUT2D eigenvalue weighted by molar-refractivity contribution is 0.122. The van der Waals surface area contributed by atoms with Crippen LogP contribution in [0.1, 0.15) is 5.82 Å². The summed E-state index contributed by atoms with van der Waals surface area (Å²) in [4.78, 5) is 23.6. The number of rotatable bonds is 5. The summed E-state index contributed by atoms with van der Waals surface area (Å²) in [5.74, 6) is -0.362. The smallest absolute Gasteiger partial charge is 0.229 e. The molecule has 2 aromatic carbocycles. The molecule has 7 rings (SSSR count). The Morgan fingerprint density at radius 3 is 2.76 bits per heavy atom. The number of hydrogen-bond acceptors (Lipinski definition) is 8. The van der Waals surface area contributed by atoms with E-state index in [9.17, 15) is 8.78 Å². The summed E-state index contributed by atoms with van der Waals surface area (Å²) >= 11 is 1.66. The van der Waals surface area contributed by atoms with E-state index in [1.165, 1.54) is 10.8 Å². The van der Waals surface area contributed by atoms with Crippen molar-refractivity contribution in [2.45, 2.75) is 6.54 Å². The number of anilines is 2. The van der Waals surface area contributed by atoms with Crippen molar-refractivity contribution in [1.82, 2.24) is 29.5 Å². The standard InChI is InChI=1S/C25H20F2N8OS/c26-15-5-6-16-21(20(15)27)31-18(30-16)12-28-23-22-24(33-25(32-23)34-7-9-36-10-8-34)35(13-29-22)19-11-14-3-1-2-4-17(14)37-19/h1-6,11,13H,7-10,12H2,(H,30,31)(H,28,32,33). The predicted octanol–water partition coefficient (Wildman–Crippen LogP) is 4.63. The van der Waals surface area contributed by atoms with Crippen molar-refractivity contribution in [3.05, 3.63) is 66.3 Å². The second kappa shape index (κ2) is 8.75. The molecule has 5 heterocycles.